The lowest BCUT2D eigenvalue weighted by molar-refractivity contribution is 0.559. The summed E-state index contributed by atoms with van der Waals surface area (Å²) in [5, 5.41) is 3.30. The molecule has 1 heterocycles. The zero-order chi connectivity index (χ0) is 11.6. The van der Waals surface area contributed by atoms with E-state index in [2.05, 4.69) is 5.32 Å². The van der Waals surface area contributed by atoms with Crippen molar-refractivity contribution in [1.82, 2.24) is 0 Å². The van der Waals surface area contributed by atoms with Gasteiger partial charge < -0.3 is 11.1 Å². The number of benzene rings is 1. The van der Waals surface area contributed by atoms with Crippen LogP contribution in [0.1, 0.15) is 12.8 Å². The quantitative estimate of drug-likeness (QED) is 0.763. The second-order valence-electron chi connectivity index (χ2n) is 4.16. The van der Waals surface area contributed by atoms with Crippen LogP contribution < -0.4 is 11.1 Å². The summed E-state index contributed by atoms with van der Waals surface area (Å²) in [6.07, 6.45) is 1.33. The van der Waals surface area contributed by atoms with Crippen LogP contribution in [0.4, 0.5) is 11.4 Å². The zero-order valence-corrected chi connectivity index (χ0v) is 9.83. The lowest BCUT2D eigenvalue weighted by Gasteiger charge is -2.24. The highest BCUT2D eigenvalue weighted by molar-refractivity contribution is 7.91. The Balaban J connectivity index is 2.00. The Labute approximate surface area is 95.8 Å². The van der Waals surface area contributed by atoms with Gasteiger partial charge in [-0.2, -0.15) is 0 Å². The zero-order valence-electron chi connectivity index (χ0n) is 9.02. The summed E-state index contributed by atoms with van der Waals surface area (Å²) in [7, 11) is -2.79. The summed E-state index contributed by atoms with van der Waals surface area (Å²) in [4.78, 5) is 0. The molecule has 16 heavy (non-hydrogen) atoms. The van der Waals surface area contributed by atoms with Gasteiger partial charge in [0.1, 0.15) is 9.84 Å². The van der Waals surface area contributed by atoms with E-state index in [9.17, 15) is 8.42 Å². The monoisotopic (exact) mass is 240 g/mol. The molecule has 0 radical (unpaired) electrons. The third kappa shape index (κ3) is 2.66. The predicted octanol–water partition coefficient (Wildman–Crippen LogP) is 1.26. The van der Waals surface area contributed by atoms with E-state index in [1.165, 1.54) is 0 Å². The van der Waals surface area contributed by atoms with Crippen LogP contribution in [0, 0.1) is 0 Å². The van der Waals surface area contributed by atoms with E-state index >= 15 is 0 Å². The maximum absolute atomic E-state index is 11.3. The Kier molecular flexibility index (Phi) is 3.05. The highest BCUT2D eigenvalue weighted by Crippen LogP contribution is 2.22. The van der Waals surface area contributed by atoms with Crippen LogP contribution in [0.15, 0.2) is 24.3 Å². The topological polar surface area (TPSA) is 72.2 Å². The first-order chi connectivity index (χ1) is 7.57. The molecule has 1 aromatic rings. The number of nitrogens with two attached hydrogens (primary N) is 1. The molecule has 0 saturated carbocycles. The number of hydrogen-bond donors (Lipinski definition) is 2. The fourth-order valence-corrected chi connectivity index (χ4v) is 3.37. The van der Waals surface area contributed by atoms with E-state index in [4.69, 9.17) is 5.73 Å². The number of para-hydroxylation sites is 2. The van der Waals surface area contributed by atoms with Crippen molar-refractivity contribution < 1.29 is 8.42 Å². The van der Waals surface area contributed by atoms with E-state index in [0.717, 1.165) is 5.69 Å². The van der Waals surface area contributed by atoms with Crippen molar-refractivity contribution >= 4 is 21.2 Å². The summed E-state index contributed by atoms with van der Waals surface area (Å²) in [6.45, 7) is 0. The minimum atomic E-state index is -2.79. The predicted molar refractivity (Wildman–Crippen MR) is 66.2 cm³/mol. The molecule has 88 valence electrons. The first kappa shape index (κ1) is 11.3. The van der Waals surface area contributed by atoms with Crippen molar-refractivity contribution in [1.29, 1.82) is 0 Å². The van der Waals surface area contributed by atoms with Gasteiger partial charge in [-0.3, -0.25) is 0 Å². The van der Waals surface area contributed by atoms with E-state index < -0.39 is 9.84 Å². The number of hydrogen-bond acceptors (Lipinski definition) is 4. The van der Waals surface area contributed by atoms with E-state index in [-0.39, 0.29) is 17.5 Å². The Hall–Kier alpha value is -1.23. The molecular weight excluding hydrogens is 224 g/mol. The molecule has 5 heteroatoms. The molecular formula is C11H16N2O2S. The molecule has 4 nitrogen and oxygen atoms in total. The summed E-state index contributed by atoms with van der Waals surface area (Å²) >= 11 is 0. The Morgan fingerprint density at radius 2 is 1.81 bits per heavy atom. The first-order valence-electron chi connectivity index (χ1n) is 5.38. The highest BCUT2D eigenvalue weighted by atomic mass is 32.2. The van der Waals surface area contributed by atoms with Gasteiger partial charge in [-0.15, -0.1) is 0 Å². The average molecular weight is 240 g/mol. The van der Waals surface area contributed by atoms with Gasteiger partial charge in [-0.25, -0.2) is 8.42 Å². The summed E-state index contributed by atoms with van der Waals surface area (Å²) in [5.74, 6) is 0.550. The number of nitrogen functional groups attached to an aromatic ring is 1. The Bertz CT molecular complexity index is 457. The van der Waals surface area contributed by atoms with Gasteiger partial charge in [0, 0.05) is 6.04 Å². The summed E-state index contributed by atoms with van der Waals surface area (Å²) < 4.78 is 22.5. The second kappa shape index (κ2) is 4.33. The Morgan fingerprint density at radius 1 is 1.19 bits per heavy atom. The van der Waals surface area contributed by atoms with Crippen LogP contribution in [0.5, 0.6) is 0 Å². The average Bonchev–Trinajstić information content (AvgIpc) is 2.24. The maximum Gasteiger partial charge on any atom is 0.150 e. The number of sulfone groups is 1. The van der Waals surface area contributed by atoms with E-state index in [1.54, 1.807) is 0 Å². The third-order valence-electron chi connectivity index (χ3n) is 2.88. The normalized spacial score (nSPS) is 20.5. The molecule has 0 spiro atoms. The van der Waals surface area contributed by atoms with Crippen LogP contribution in [-0.2, 0) is 9.84 Å². The standard InChI is InChI=1S/C11H16N2O2S/c12-10-3-1-2-4-11(10)13-9-5-7-16(14,15)8-6-9/h1-4,9,13H,5-8,12H2. The van der Waals surface area contributed by atoms with Crippen LogP contribution in [-0.4, -0.2) is 26.0 Å². The van der Waals surface area contributed by atoms with Crippen molar-refractivity contribution in [3.63, 3.8) is 0 Å². The molecule has 0 unspecified atom stereocenters. The van der Waals surface area contributed by atoms with Crippen molar-refractivity contribution in [2.45, 2.75) is 18.9 Å². The van der Waals surface area contributed by atoms with Gasteiger partial charge in [0.15, 0.2) is 0 Å². The fraction of sp³-hybridized carbons (Fsp3) is 0.455. The van der Waals surface area contributed by atoms with Crippen molar-refractivity contribution in [3.8, 4) is 0 Å². The Morgan fingerprint density at radius 3 is 2.44 bits per heavy atom. The SMILES string of the molecule is Nc1ccccc1NC1CCS(=O)(=O)CC1. The van der Waals surface area contributed by atoms with Gasteiger partial charge in [-0.05, 0) is 25.0 Å². The molecule has 0 bridgehead atoms. The third-order valence-corrected chi connectivity index (χ3v) is 4.59. The number of nitrogens with one attached hydrogen (secondary N) is 1. The minimum Gasteiger partial charge on any atom is -0.397 e. The van der Waals surface area contributed by atoms with Crippen LogP contribution in [0.25, 0.3) is 0 Å². The smallest absolute Gasteiger partial charge is 0.150 e. The summed E-state index contributed by atoms with van der Waals surface area (Å²) in [5.41, 5.74) is 7.41. The van der Waals surface area contributed by atoms with Gasteiger partial charge in [0.25, 0.3) is 0 Å². The number of anilines is 2. The van der Waals surface area contributed by atoms with Gasteiger partial charge in [0.2, 0.25) is 0 Å². The minimum absolute atomic E-state index is 0.216. The van der Waals surface area contributed by atoms with Gasteiger partial charge in [0.05, 0.1) is 22.9 Å². The van der Waals surface area contributed by atoms with E-state index in [0.29, 0.717) is 18.5 Å². The first-order valence-corrected chi connectivity index (χ1v) is 7.20. The fourth-order valence-electron chi connectivity index (χ4n) is 1.88. The van der Waals surface area contributed by atoms with Crippen molar-refractivity contribution in [3.05, 3.63) is 24.3 Å². The molecule has 1 saturated heterocycles. The molecule has 3 N–H and O–H groups in total. The van der Waals surface area contributed by atoms with Crippen LogP contribution in [0.2, 0.25) is 0 Å². The molecule has 2 rings (SSSR count). The lowest BCUT2D eigenvalue weighted by Crippen LogP contribution is -2.32. The van der Waals surface area contributed by atoms with Crippen molar-refractivity contribution in [2.24, 2.45) is 0 Å². The maximum atomic E-state index is 11.3. The largest absolute Gasteiger partial charge is 0.397 e. The molecule has 1 aliphatic rings. The van der Waals surface area contributed by atoms with Crippen LogP contribution in [0.3, 0.4) is 0 Å². The van der Waals surface area contributed by atoms with Crippen LogP contribution >= 0.6 is 0 Å². The molecule has 0 atom stereocenters. The second-order valence-corrected chi connectivity index (χ2v) is 6.46. The van der Waals surface area contributed by atoms with Crippen molar-refractivity contribution in [2.75, 3.05) is 22.6 Å². The lowest BCUT2D eigenvalue weighted by atomic mass is 10.1. The molecule has 0 amide bonds. The van der Waals surface area contributed by atoms with Gasteiger partial charge in [-0.1, -0.05) is 12.1 Å². The highest BCUT2D eigenvalue weighted by Gasteiger charge is 2.23. The summed E-state index contributed by atoms with van der Waals surface area (Å²) in [6, 6.07) is 7.76. The van der Waals surface area contributed by atoms with Gasteiger partial charge >= 0.3 is 0 Å². The molecule has 1 fully saturated rings. The molecule has 1 aromatic carbocycles. The molecule has 1 aliphatic heterocycles. The molecule has 0 aliphatic carbocycles. The molecule has 0 aromatic heterocycles. The van der Waals surface area contributed by atoms with E-state index in [1.807, 2.05) is 24.3 Å². The number of rotatable bonds is 2.